The highest BCUT2D eigenvalue weighted by Crippen LogP contribution is 2.07. The molecule has 0 saturated heterocycles. The molecule has 1 N–H and O–H groups in total. The molecule has 0 heterocycles. The van der Waals surface area contributed by atoms with Gasteiger partial charge >= 0.3 is 0 Å². The first-order valence-corrected chi connectivity index (χ1v) is 5.74. The average molecular weight is 196 g/mol. The molecule has 0 amide bonds. The average Bonchev–Trinajstić information content (AvgIpc) is 2.14. The minimum atomic E-state index is -0.180. The fraction of sp³-hybridized carbons (Fsp3) is 0.455. The molecule has 0 radical (unpaired) electrons. The van der Waals surface area contributed by atoms with E-state index in [-0.39, 0.29) is 6.10 Å². The molecule has 0 bridgehead atoms. The van der Waals surface area contributed by atoms with Crippen LogP contribution in [-0.4, -0.2) is 22.7 Å². The second-order valence-electron chi connectivity index (χ2n) is 3.16. The van der Waals surface area contributed by atoms with Crippen LogP contribution in [0.4, 0.5) is 0 Å². The number of hydrogen-bond acceptors (Lipinski definition) is 2. The summed E-state index contributed by atoms with van der Waals surface area (Å²) in [5, 5.41) is 9.03. The Morgan fingerprint density at radius 2 is 2.00 bits per heavy atom. The SMILES string of the molecule is C[C@H](O)CSCCc1ccccc1. The third-order valence-electron chi connectivity index (χ3n) is 1.74. The molecule has 1 atom stereocenters. The summed E-state index contributed by atoms with van der Waals surface area (Å²) in [6.45, 7) is 1.83. The molecular formula is C11H16OS. The summed E-state index contributed by atoms with van der Waals surface area (Å²) in [6, 6.07) is 10.4. The monoisotopic (exact) mass is 196 g/mol. The fourth-order valence-electron chi connectivity index (χ4n) is 1.09. The molecule has 1 aromatic rings. The lowest BCUT2D eigenvalue weighted by Crippen LogP contribution is -2.03. The number of aliphatic hydroxyl groups excluding tert-OH is 1. The van der Waals surface area contributed by atoms with Gasteiger partial charge in [0.05, 0.1) is 6.10 Å². The summed E-state index contributed by atoms with van der Waals surface area (Å²) < 4.78 is 0. The molecule has 13 heavy (non-hydrogen) atoms. The topological polar surface area (TPSA) is 20.2 Å². The van der Waals surface area contributed by atoms with E-state index in [0.29, 0.717) is 0 Å². The molecule has 1 rings (SSSR count). The molecule has 0 aliphatic rings. The highest BCUT2D eigenvalue weighted by Gasteiger charge is 1.96. The molecule has 1 aromatic carbocycles. The molecule has 72 valence electrons. The van der Waals surface area contributed by atoms with E-state index in [1.807, 2.05) is 13.0 Å². The molecule has 0 saturated carbocycles. The third kappa shape index (κ3) is 4.96. The van der Waals surface area contributed by atoms with E-state index in [1.54, 1.807) is 11.8 Å². The summed E-state index contributed by atoms with van der Waals surface area (Å²) in [5.41, 5.74) is 1.38. The molecule has 0 spiro atoms. The van der Waals surface area contributed by atoms with Crippen LogP contribution >= 0.6 is 11.8 Å². The van der Waals surface area contributed by atoms with Crippen molar-refractivity contribution in [2.45, 2.75) is 19.4 Å². The van der Waals surface area contributed by atoms with Crippen LogP contribution in [0.1, 0.15) is 12.5 Å². The zero-order valence-electron chi connectivity index (χ0n) is 7.94. The van der Waals surface area contributed by atoms with E-state index in [9.17, 15) is 0 Å². The maximum absolute atomic E-state index is 9.03. The third-order valence-corrected chi connectivity index (χ3v) is 2.95. The minimum absolute atomic E-state index is 0.180. The van der Waals surface area contributed by atoms with Crippen LogP contribution in [0.5, 0.6) is 0 Å². The van der Waals surface area contributed by atoms with Gasteiger partial charge in [0.2, 0.25) is 0 Å². The van der Waals surface area contributed by atoms with Crippen LogP contribution in [0, 0.1) is 0 Å². The Balaban J connectivity index is 2.13. The molecular weight excluding hydrogens is 180 g/mol. The van der Waals surface area contributed by atoms with Gasteiger partial charge in [-0.1, -0.05) is 30.3 Å². The molecule has 0 unspecified atom stereocenters. The van der Waals surface area contributed by atoms with Crippen LogP contribution in [0.25, 0.3) is 0 Å². The Hall–Kier alpha value is -0.470. The quantitative estimate of drug-likeness (QED) is 0.729. The van der Waals surface area contributed by atoms with Gasteiger partial charge in [0.15, 0.2) is 0 Å². The maximum atomic E-state index is 9.03. The van der Waals surface area contributed by atoms with Crippen molar-refractivity contribution in [2.24, 2.45) is 0 Å². The van der Waals surface area contributed by atoms with Crippen molar-refractivity contribution in [1.29, 1.82) is 0 Å². The van der Waals surface area contributed by atoms with E-state index in [0.717, 1.165) is 17.9 Å². The fourth-order valence-corrected chi connectivity index (χ4v) is 1.98. The van der Waals surface area contributed by atoms with Gasteiger partial charge in [-0.25, -0.2) is 0 Å². The summed E-state index contributed by atoms with van der Waals surface area (Å²) in [6.07, 6.45) is 0.916. The van der Waals surface area contributed by atoms with Gasteiger partial charge in [0.25, 0.3) is 0 Å². The van der Waals surface area contributed by atoms with Crippen molar-refractivity contribution in [1.82, 2.24) is 0 Å². The normalized spacial score (nSPS) is 12.8. The molecule has 1 nitrogen and oxygen atoms in total. The largest absolute Gasteiger partial charge is 0.393 e. The number of rotatable bonds is 5. The lowest BCUT2D eigenvalue weighted by atomic mass is 10.2. The van der Waals surface area contributed by atoms with Gasteiger partial charge in [-0.3, -0.25) is 0 Å². The number of aryl methyl sites for hydroxylation is 1. The Morgan fingerprint density at radius 1 is 1.31 bits per heavy atom. The molecule has 0 aromatic heterocycles. The number of benzene rings is 1. The molecule has 0 fully saturated rings. The van der Waals surface area contributed by atoms with E-state index < -0.39 is 0 Å². The van der Waals surface area contributed by atoms with Gasteiger partial charge in [-0.2, -0.15) is 11.8 Å². The minimum Gasteiger partial charge on any atom is -0.393 e. The first kappa shape index (κ1) is 10.6. The molecule has 0 aliphatic heterocycles. The van der Waals surface area contributed by atoms with Crippen molar-refractivity contribution in [3.63, 3.8) is 0 Å². The Morgan fingerprint density at radius 3 is 2.62 bits per heavy atom. The summed E-state index contributed by atoms with van der Waals surface area (Å²) in [5.74, 6) is 1.93. The van der Waals surface area contributed by atoms with Crippen molar-refractivity contribution in [3.8, 4) is 0 Å². The van der Waals surface area contributed by atoms with Gasteiger partial charge in [0, 0.05) is 5.75 Å². The Labute approximate surface area is 84.2 Å². The Kier molecular flexibility index (Phi) is 4.94. The predicted octanol–water partition coefficient (Wildman–Crippen LogP) is 2.34. The summed E-state index contributed by atoms with van der Waals surface area (Å²) >= 11 is 1.81. The second-order valence-corrected chi connectivity index (χ2v) is 4.31. The number of hydrogen-bond donors (Lipinski definition) is 1. The highest BCUT2D eigenvalue weighted by molar-refractivity contribution is 7.99. The standard InChI is InChI=1S/C11H16OS/c1-10(12)9-13-8-7-11-5-3-2-4-6-11/h2-6,10,12H,7-9H2,1H3/t10-/m0/s1. The van der Waals surface area contributed by atoms with Gasteiger partial charge in [0.1, 0.15) is 0 Å². The van der Waals surface area contributed by atoms with Crippen LogP contribution in [0.15, 0.2) is 30.3 Å². The summed E-state index contributed by atoms with van der Waals surface area (Å²) in [4.78, 5) is 0. The lowest BCUT2D eigenvalue weighted by Gasteiger charge is -2.03. The predicted molar refractivity (Wildman–Crippen MR) is 59.2 cm³/mol. The van der Waals surface area contributed by atoms with Gasteiger partial charge < -0.3 is 5.11 Å². The van der Waals surface area contributed by atoms with Crippen LogP contribution in [0.2, 0.25) is 0 Å². The maximum Gasteiger partial charge on any atom is 0.0602 e. The first-order chi connectivity index (χ1) is 6.29. The lowest BCUT2D eigenvalue weighted by molar-refractivity contribution is 0.220. The number of thioether (sulfide) groups is 1. The van der Waals surface area contributed by atoms with E-state index in [1.165, 1.54) is 5.56 Å². The second kappa shape index (κ2) is 6.06. The van der Waals surface area contributed by atoms with Crippen LogP contribution in [-0.2, 0) is 6.42 Å². The highest BCUT2D eigenvalue weighted by atomic mass is 32.2. The first-order valence-electron chi connectivity index (χ1n) is 4.59. The van der Waals surface area contributed by atoms with Crippen LogP contribution in [0.3, 0.4) is 0 Å². The van der Waals surface area contributed by atoms with Crippen LogP contribution < -0.4 is 0 Å². The van der Waals surface area contributed by atoms with Crippen molar-refractivity contribution in [3.05, 3.63) is 35.9 Å². The molecule has 0 aliphatic carbocycles. The smallest absolute Gasteiger partial charge is 0.0602 e. The van der Waals surface area contributed by atoms with Gasteiger partial charge in [-0.15, -0.1) is 0 Å². The number of aliphatic hydroxyl groups is 1. The van der Waals surface area contributed by atoms with E-state index >= 15 is 0 Å². The Bertz CT molecular complexity index is 221. The zero-order chi connectivity index (χ0) is 9.52. The van der Waals surface area contributed by atoms with Gasteiger partial charge in [-0.05, 0) is 24.7 Å². The van der Waals surface area contributed by atoms with E-state index in [4.69, 9.17) is 5.11 Å². The summed E-state index contributed by atoms with van der Waals surface area (Å²) in [7, 11) is 0. The van der Waals surface area contributed by atoms with Crippen molar-refractivity contribution < 1.29 is 5.11 Å². The van der Waals surface area contributed by atoms with E-state index in [2.05, 4.69) is 24.3 Å². The van der Waals surface area contributed by atoms with Crippen molar-refractivity contribution in [2.75, 3.05) is 11.5 Å². The van der Waals surface area contributed by atoms with Crippen molar-refractivity contribution >= 4 is 11.8 Å². The zero-order valence-corrected chi connectivity index (χ0v) is 8.76. The molecule has 2 heteroatoms.